The number of carbonyl (C=O) groups is 1. The fraction of sp³-hybridized carbons (Fsp3) is 0.333. The number of benzene rings is 1. The molecule has 1 aromatic heterocycles. The summed E-state index contributed by atoms with van der Waals surface area (Å²) in [4.78, 5) is 18.2. The van der Waals surface area contributed by atoms with E-state index in [0.29, 0.717) is 36.6 Å². The molecule has 0 N–H and O–H groups in total. The number of methoxy groups -OCH3 is 2. The molecule has 0 aliphatic carbocycles. The van der Waals surface area contributed by atoms with Crippen LogP contribution in [-0.4, -0.2) is 49.2 Å². The van der Waals surface area contributed by atoms with Crippen LogP contribution in [0.25, 0.3) is 0 Å². The van der Waals surface area contributed by atoms with Crippen molar-refractivity contribution >= 4 is 5.91 Å². The summed E-state index contributed by atoms with van der Waals surface area (Å²) in [5, 5.41) is 0. The number of amides is 1. The molecule has 7 heteroatoms. The minimum absolute atomic E-state index is 0.158. The second-order valence-corrected chi connectivity index (χ2v) is 5.62. The van der Waals surface area contributed by atoms with Crippen molar-refractivity contribution in [3.8, 4) is 17.4 Å². The molecule has 25 heavy (non-hydrogen) atoms. The van der Waals surface area contributed by atoms with Gasteiger partial charge >= 0.3 is 0 Å². The summed E-state index contributed by atoms with van der Waals surface area (Å²) in [7, 11) is 3.03. The fourth-order valence-corrected chi connectivity index (χ4v) is 2.86. The molecule has 0 saturated carbocycles. The summed E-state index contributed by atoms with van der Waals surface area (Å²) in [5.41, 5.74) is 0.436. The highest BCUT2D eigenvalue weighted by Gasteiger charge is 2.30. The molecule has 1 unspecified atom stereocenters. The van der Waals surface area contributed by atoms with Gasteiger partial charge in [-0.05, 0) is 18.2 Å². The lowest BCUT2D eigenvalue weighted by molar-refractivity contribution is 0.0767. The second-order valence-electron chi connectivity index (χ2n) is 5.62. The molecule has 1 aromatic carbocycles. The maximum Gasteiger partial charge on any atom is 0.257 e. The van der Waals surface area contributed by atoms with Crippen LogP contribution in [0.2, 0.25) is 0 Å². The molecule has 1 fully saturated rings. The molecule has 0 bridgehead atoms. The Morgan fingerprint density at radius 3 is 2.72 bits per heavy atom. The summed E-state index contributed by atoms with van der Waals surface area (Å²) < 4.78 is 29.4. The van der Waals surface area contributed by atoms with Gasteiger partial charge in [0, 0.05) is 19.0 Å². The van der Waals surface area contributed by atoms with Crippen LogP contribution in [0.3, 0.4) is 0 Å². The molecular weight excluding hydrogens is 327 g/mol. The van der Waals surface area contributed by atoms with E-state index in [1.165, 1.54) is 26.4 Å². The quantitative estimate of drug-likeness (QED) is 0.779. The normalized spacial score (nSPS) is 16.6. The highest BCUT2D eigenvalue weighted by atomic mass is 19.1. The van der Waals surface area contributed by atoms with Crippen molar-refractivity contribution in [3.05, 3.63) is 47.9 Å². The van der Waals surface area contributed by atoms with Crippen LogP contribution in [0.5, 0.6) is 17.4 Å². The highest BCUT2D eigenvalue weighted by molar-refractivity contribution is 5.98. The molecule has 2 aromatic rings. The zero-order valence-electron chi connectivity index (χ0n) is 14.1. The van der Waals surface area contributed by atoms with Gasteiger partial charge in [-0.2, -0.15) is 9.37 Å². The summed E-state index contributed by atoms with van der Waals surface area (Å²) in [5.74, 6) is 0.382. The van der Waals surface area contributed by atoms with E-state index >= 15 is 0 Å². The van der Waals surface area contributed by atoms with Crippen molar-refractivity contribution in [1.82, 2.24) is 9.88 Å². The van der Waals surface area contributed by atoms with Gasteiger partial charge in [-0.1, -0.05) is 12.1 Å². The molecule has 1 atom stereocenters. The third-order valence-corrected chi connectivity index (χ3v) is 4.04. The van der Waals surface area contributed by atoms with Gasteiger partial charge in [0.1, 0.15) is 6.10 Å². The number of hydrogen-bond donors (Lipinski definition) is 0. The van der Waals surface area contributed by atoms with E-state index < -0.39 is 5.95 Å². The van der Waals surface area contributed by atoms with Crippen LogP contribution < -0.4 is 14.2 Å². The van der Waals surface area contributed by atoms with E-state index in [1.54, 1.807) is 29.2 Å². The first-order valence-corrected chi connectivity index (χ1v) is 7.92. The van der Waals surface area contributed by atoms with Crippen LogP contribution in [0.15, 0.2) is 36.4 Å². The number of nitrogens with zero attached hydrogens (tertiary/aromatic N) is 2. The van der Waals surface area contributed by atoms with Crippen LogP contribution in [0.1, 0.15) is 16.8 Å². The van der Waals surface area contributed by atoms with Gasteiger partial charge in [-0.3, -0.25) is 4.79 Å². The molecule has 0 radical (unpaired) electrons. The highest BCUT2D eigenvalue weighted by Crippen LogP contribution is 2.32. The van der Waals surface area contributed by atoms with Gasteiger partial charge < -0.3 is 19.1 Å². The van der Waals surface area contributed by atoms with Crippen LogP contribution in [0.4, 0.5) is 4.39 Å². The first kappa shape index (κ1) is 17.0. The number of para-hydroxylation sites is 1. The van der Waals surface area contributed by atoms with Crippen molar-refractivity contribution in [2.45, 2.75) is 12.5 Å². The number of halogens is 1. The van der Waals surface area contributed by atoms with Crippen LogP contribution in [0, 0.1) is 5.95 Å². The van der Waals surface area contributed by atoms with Crippen molar-refractivity contribution in [3.63, 3.8) is 0 Å². The minimum Gasteiger partial charge on any atom is -0.493 e. The maximum absolute atomic E-state index is 13.1. The maximum atomic E-state index is 13.1. The lowest BCUT2D eigenvalue weighted by Gasteiger charge is -2.19. The van der Waals surface area contributed by atoms with E-state index in [0.717, 1.165) is 0 Å². The molecule has 1 aliphatic rings. The van der Waals surface area contributed by atoms with Crippen molar-refractivity contribution in [2.24, 2.45) is 0 Å². The Morgan fingerprint density at radius 2 is 2.00 bits per heavy atom. The molecule has 2 heterocycles. The van der Waals surface area contributed by atoms with E-state index in [1.807, 2.05) is 0 Å². The first-order chi connectivity index (χ1) is 12.1. The number of carbonyl (C=O) groups excluding carboxylic acids is 1. The molecule has 0 spiro atoms. The average Bonchev–Trinajstić information content (AvgIpc) is 3.08. The lowest BCUT2D eigenvalue weighted by atomic mass is 10.1. The van der Waals surface area contributed by atoms with E-state index in [9.17, 15) is 9.18 Å². The minimum atomic E-state index is -0.593. The summed E-state index contributed by atoms with van der Waals surface area (Å²) in [6, 6.07) is 9.57. The monoisotopic (exact) mass is 346 g/mol. The van der Waals surface area contributed by atoms with Gasteiger partial charge in [0.15, 0.2) is 11.5 Å². The van der Waals surface area contributed by atoms with E-state index in [4.69, 9.17) is 14.2 Å². The third kappa shape index (κ3) is 3.65. The number of aromatic nitrogens is 1. The Morgan fingerprint density at radius 1 is 1.20 bits per heavy atom. The predicted molar refractivity (Wildman–Crippen MR) is 88.7 cm³/mol. The smallest absolute Gasteiger partial charge is 0.257 e. The van der Waals surface area contributed by atoms with E-state index in [2.05, 4.69) is 4.98 Å². The number of pyridine rings is 1. The number of ether oxygens (including phenoxy) is 3. The van der Waals surface area contributed by atoms with Gasteiger partial charge in [0.2, 0.25) is 11.8 Å². The summed E-state index contributed by atoms with van der Waals surface area (Å²) in [6.07, 6.45) is 0.422. The Hall–Kier alpha value is -2.83. The standard InChI is InChI=1S/C18H19FN2O4/c1-23-14-6-3-5-13(17(14)24-2)18(22)21-10-9-12(11-21)25-16-8-4-7-15(19)20-16/h3-8,12H,9-11H2,1-2H3. The molecule has 1 amide bonds. The molecule has 1 saturated heterocycles. The zero-order valence-corrected chi connectivity index (χ0v) is 14.1. The topological polar surface area (TPSA) is 60.9 Å². The largest absolute Gasteiger partial charge is 0.493 e. The van der Waals surface area contributed by atoms with Gasteiger partial charge in [0.05, 0.1) is 26.3 Å². The third-order valence-electron chi connectivity index (χ3n) is 4.04. The predicted octanol–water partition coefficient (Wildman–Crippen LogP) is 2.53. The SMILES string of the molecule is COc1cccc(C(=O)N2CCC(Oc3cccc(F)n3)C2)c1OC. The summed E-state index contributed by atoms with van der Waals surface area (Å²) in [6.45, 7) is 0.941. The first-order valence-electron chi connectivity index (χ1n) is 7.92. The Kier molecular flexibility index (Phi) is 5.02. The summed E-state index contributed by atoms with van der Waals surface area (Å²) >= 11 is 0. The number of hydrogen-bond acceptors (Lipinski definition) is 5. The Bertz CT molecular complexity index is 768. The van der Waals surface area contributed by atoms with Gasteiger partial charge in [-0.15, -0.1) is 0 Å². The fourth-order valence-electron chi connectivity index (χ4n) is 2.86. The Balaban J connectivity index is 1.71. The number of likely N-dealkylation sites (tertiary alicyclic amines) is 1. The van der Waals surface area contributed by atoms with Gasteiger partial charge in [-0.25, -0.2) is 0 Å². The Labute approximate surface area is 145 Å². The molecule has 132 valence electrons. The molecule has 3 rings (SSSR count). The molecular formula is C18H19FN2O4. The van der Waals surface area contributed by atoms with Crippen molar-refractivity contribution < 1.29 is 23.4 Å². The number of rotatable bonds is 5. The lowest BCUT2D eigenvalue weighted by Crippen LogP contribution is -2.31. The van der Waals surface area contributed by atoms with E-state index in [-0.39, 0.29) is 17.9 Å². The zero-order chi connectivity index (χ0) is 17.8. The van der Waals surface area contributed by atoms with Crippen LogP contribution in [-0.2, 0) is 0 Å². The van der Waals surface area contributed by atoms with Gasteiger partial charge in [0.25, 0.3) is 5.91 Å². The van der Waals surface area contributed by atoms with Crippen LogP contribution >= 0.6 is 0 Å². The van der Waals surface area contributed by atoms with Crippen molar-refractivity contribution in [1.29, 1.82) is 0 Å². The second kappa shape index (κ2) is 7.38. The average molecular weight is 346 g/mol. The van der Waals surface area contributed by atoms with Crippen molar-refractivity contribution in [2.75, 3.05) is 27.3 Å². The molecule has 1 aliphatic heterocycles. The molecule has 6 nitrogen and oxygen atoms in total.